The summed E-state index contributed by atoms with van der Waals surface area (Å²) in [4.78, 5) is 11.4. The lowest BCUT2D eigenvalue weighted by Gasteiger charge is -2.16. The third kappa shape index (κ3) is 4.76. The van der Waals surface area contributed by atoms with Gasteiger partial charge in [0.05, 0.1) is 8.07 Å². The van der Waals surface area contributed by atoms with E-state index in [0.29, 0.717) is 5.92 Å². The molecule has 1 aromatic rings. The topological polar surface area (TPSA) is 41.1 Å². The molecule has 3 nitrogen and oxygen atoms in total. The fourth-order valence-electron chi connectivity index (χ4n) is 2.12. The summed E-state index contributed by atoms with van der Waals surface area (Å²) in [5, 5.41) is 7.83. The van der Waals surface area contributed by atoms with Gasteiger partial charge in [-0.2, -0.15) is 0 Å². The van der Waals surface area contributed by atoms with Crippen LogP contribution in [0.1, 0.15) is 18.4 Å². The van der Waals surface area contributed by atoms with E-state index >= 15 is 0 Å². The highest BCUT2D eigenvalue weighted by Gasteiger charge is 2.28. The molecule has 0 heterocycles. The minimum Gasteiger partial charge on any atom is -0.355 e. The average Bonchev–Trinajstić information content (AvgIpc) is 3.22. The fraction of sp³-hybridized carbons (Fsp3) is 0.562. The zero-order valence-corrected chi connectivity index (χ0v) is 13.8. The van der Waals surface area contributed by atoms with Crippen molar-refractivity contribution in [2.24, 2.45) is 5.92 Å². The summed E-state index contributed by atoms with van der Waals surface area (Å²) in [6, 6.07) is 8.95. The molecule has 2 rings (SSSR count). The van der Waals surface area contributed by atoms with Crippen molar-refractivity contribution in [3.63, 3.8) is 0 Å². The van der Waals surface area contributed by atoms with E-state index in [-0.39, 0.29) is 5.91 Å². The van der Waals surface area contributed by atoms with Crippen LogP contribution < -0.4 is 15.8 Å². The third-order valence-electron chi connectivity index (χ3n) is 3.70. The van der Waals surface area contributed by atoms with Crippen LogP contribution in [0.5, 0.6) is 0 Å². The first-order chi connectivity index (χ1) is 9.47. The van der Waals surface area contributed by atoms with E-state index in [1.54, 1.807) is 0 Å². The molecule has 1 amide bonds. The van der Waals surface area contributed by atoms with Gasteiger partial charge in [-0.3, -0.25) is 4.79 Å². The molecule has 4 heteroatoms. The Morgan fingerprint density at radius 1 is 1.15 bits per heavy atom. The number of carbonyl (C=O) groups is 1. The van der Waals surface area contributed by atoms with Gasteiger partial charge in [0, 0.05) is 25.6 Å². The van der Waals surface area contributed by atoms with E-state index in [1.165, 1.54) is 10.8 Å². The minimum atomic E-state index is -1.19. The number of rotatable bonds is 7. The van der Waals surface area contributed by atoms with Crippen molar-refractivity contribution in [3.8, 4) is 0 Å². The molecule has 2 N–H and O–H groups in total. The van der Waals surface area contributed by atoms with Crippen LogP contribution in [0.3, 0.4) is 0 Å². The van der Waals surface area contributed by atoms with E-state index in [4.69, 9.17) is 0 Å². The molecule has 20 heavy (non-hydrogen) atoms. The quantitative estimate of drug-likeness (QED) is 0.594. The van der Waals surface area contributed by atoms with Gasteiger partial charge in [0.25, 0.3) is 0 Å². The first-order valence-electron chi connectivity index (χ1n) is 7.54. The van der Waals surface area contributed by atoms with Crippen LogP contribution in [-0.4, -0.2) is 27.1 Å². The number of hydrogen-bond acceptors (Lipinski definition) is 2. The molecular weight excluding hydrogens is 264 g/mol. The Labute approximate surface area is 123 Å². The highest BCUT2D eigenvalue weighted by Crippen LogP contribution is 2.28. The second kappa shape index (κ2) is 6.55. The second-order valence-electron chi connectivity index (χ2n) is 6.69. The molecule has 0 bridgehead atoms. The molecule has 0 spiro atoms. The highest BCUT2D eigenvalue weighted by atomic mass is 28.3. The Morgan fingerprint density at radius 3 is 2.35 bits per heavy atom. The van der Waals surface area contributed by atoms with Crippen LogP contribution in [-0.2, 0) is 11.3 Å². The fourth-order valence-corrected chi connectivity index (χ4v) is 3.29. The Kier molecular flexibility index (Phi) is 4.99. The number of amides is 1. The Morgan fingerprint density at radius 2 is 1.80 bits per heavy atom. The van der Waals surface area contributed by atoms with Crippen LogP contribution in [0.4, 0.5) is 0 Å². The van der Waals surface area contributed by atoms with Gasteiger partial charge in [-0.25, -0.2) is 0 Å². The maximum absolute atomic E-state index is 11.4. The molecular formula is C16H26N2OSi. The lowest BCUT2D eigenvalue weighted by Crippen LogP contribution is -2.37. The summed E-state index contributed by atoms with van der Waals surface area (Å²) in [7, 11) is -1.19. The van der Waals surface area contributed by atoms with Gasteiger partial charge in [0.2, 0.25) is 5.91 Å². The van der Waals surface area contributed by atoms with Crippen molar-refractivity contribution in [1.82, 2.24) is 10.6 Å². The van der Waals surface area contributed by atoms with Gasteiger partial charge in [0.1, 0.15) is 0 Å². The normalized spacial score (nSPS) is 15.2. The first-order valence-corrected chi connectivity index (χ1v) is 11.0. The van der Waals surface area contributed by atoms with Crippen molar-refractivity contribution in [2.75, 3.05) is 13.1 Å². The summed E-state index contributed by atoms with van der Waals surface area (Å²) in [5.41, 5.74) is 1.31. The van der Waals surface area contributed by atoms with Gasteiger partial charge in [0.15, 0.2) is 0 Å². The molecule has 110 valence electrons. The monoisotopic (exact) mass is 290 g/mol. The lowest BCUT2D eigenvalue weighted by atomic mass is 10.2. The molecule has 1 aliphatic rings. The summed E-state index contributed by atoms with van der Waals surface area (Å²) in [6.45, 7) is 9.51. The molecule has 0 saturated heterocycles. The van der Waals surface area contributed by atoms with Crippen LogP contribution in [0.25, 0.3) is 0 Å². The summed E-state index contributed by atoms with van der Waals surface area (Å²) in [6.07, 6.45) is 2.14. The van der Waals surface area contributed by atoms with Crippen LogP contribution in [0, 0.1) is 5.92 Å². The predicted octanol–water partition coefficient (Wildman–Crippen LogP) is 1.85. The number of hydrogen-bond donors (Lipinski definition) is 2. The minimum absolute atomic E-state index is 0.228. The Bertz CT molecular complexity index is 447. The van der Waals surface area contributed by atoms with Crippen molar-refractivity contribution >= 4 is 19.2 Å². The molecule has 1 saturated carbocycles. The van der Waals surface area contributed by atoms with E-state index in [2.05, 4.69) is 54.5 Å². The average molecular weight is 290 g/mol. The van der Waals surface area contributed by atoms with E-state index in [0.717, 1.165) is 32.5 Å². The zero-order chi connectivity index (χ0) is 14.6. The standard InChI is InChI=1S/C16H26N2OSi/c1-20(2,3)15-8-4-13(5-9-15)12-17-10-11-18-16(19)14-6-7-14/h4-5,8-9,14,17H,6-7,10-12H2,1-3H3,(H,18,19). The van der Waals surface area contributed by atoms with Gasteiger partial charge in [-0.05, 0) is 18.4 Å². The summed E-state index contributed by atoms with van der Waals surface area (Å²) >= 11 is 0. The van der Waals surface area contributed by atoms with Gasteiger partial charge in [-0.1, -0.05) is 49.1 Å². The van der Waals surface area contributed by atoms with Crippen LogP contribution in [0.2, 0.25) is 19.6 Å². The molecule has 1 aliphatic carbocycles. The molecule has 0 aliphatic heterocycles. The van der Waals surface area contributed by atoms with Crippen LogP contribution >= 0.6 is 0 Å². The molecule has 0 unspecified atom stereocenters. The Balaban J connectivity index is 1.65. The Hall–Kier alpha value is -1.13. The molecule has 1 fully saturated rings. The largest absolute Gasteiger partial charge is 0.355 e. The van der Waals surface area contributed by atoms with Gasteiger partial charge in [-0.15, -0.1) is 0 Å². The van der Waals surface area contributed by atoms with Crippen molar-refractivity contribution in [1.29, 1.82) is 0 Å². The van der Waals surface area contributed by atoms with Crippen molar-refractivity contribution in [2.45, 2.75) is 39.0 Å². The maximum Gasteiger partial charge on any atom is 0.223 e. The smallest absolute Gasteiger partial charge is 0.223 e. The lowest BCUT2D eigenvalue weighted by molar-refractivity contribution is -0.122. The number of nitrogens with one attached hydrogen (secondary N) is 2. The number of benzene rings is 1. The maximum atomic E-state index is 11.4. The molecule has 0 aromatic heterocycles. The van der Waals surface area contributed by atoms with Crippen molar-refractivity contribution in [3.05, 3.63) is 29.8 Å². The predicted molar refractivity (Wildman–Crippen MR) is 86.9 cm³/mol. The van der Waals surface area contributed by atoms with Gasteiger partial charge < -0.3 is 10.6 Å². The van der Waals surface area contributed by atoms with Crippen molar-refractivity contribution < 1.29 is 4.79 Å². The molecule has 0 atom stereocenters. The molecule has 0 radical (unpaired) electrons. The second-order valence-corrected chi connectivity index (χ2v) is 11.8. The van der Waals surface area contributed by atoms with E-state index in [9.17, 15) is 4.79 Å². The van der Waals surface area contributed by atoms with Crippen LogP contribution in [0.15, 0.2) is 24.3 Å². The highest BCUT2D eigenvalue weighted by molar-refractivity contribution is 6.88. The summed E-state index contributed by atoms with van der Waals surface area (Å²) in [5.74, 6) is 0.537. The summed E-state index contributed by atoms with van der Waals surface area (Å²) < 4.78 is 0. The molecule has 1 aromatic carbocycles. The van der Waals surface area contributed by atoms with Gasteiger partial charge >= 0.3 is 0 Å². The zero-order valence-electron chi connectivity index (χ0n) is 12.8. The van der Waals surface area contributed by atoms with E-state index < -0.39 is 8.07 Å². The third-order valence-corrected chi connectivity index (χ3v) is 5.76. The van der Waals surface area contributed by atoms with E-state index in [1.807, 2.05) is 0 Å². The number of carbonyl (C=O) groups excluding carboxylic acids is 1. The first kappa shape index (κ1) is 15.3. The SMILES string of the molecule is C[Si](C)(C)c1ccc(CNCCNC(=O)C2CC2)cc1.